The summed E-state index contributed by atoms with van der Waals surface area (Å²) in [5.41, 5.74) is 2.04. The van der Waals surface area contributed by atoms with Crippen LogP contribution in [0.4, 0.5) is 5.69 Å². The molecule has 7 nitrogen and oxygen atoms in total. The van der Waals surface area contributed by atoms with Gasteiger partial charge in [-0.1, -0.05) is 32.0 Å². The standard InChI is InChI=1S/C17H19N5O2/c1-11(2)12-6-4-5-7-14(12)20-15(23)9-22-10-18-16-13(17(22)24)8-19-21(16)3/h4-8,10-11H,9H2,1-3H3,(H,20,23). The monoisotopic (exact) mass is 325 g/mol. The number of para-hydroxylation sites is 1. The minimum Gasteiger partial charge on any atom is -0.324 e. The number of rotatable bonds is 4. The van der Waals surface area contributed by atoms with Gasteiger partial charge in [-0.15, -0.1) is 0 Å². The largest absolute Gasteiger partial charge is 0.324 e. The fraction of sp³-hybridized carbons (Fsp3) is 0.294. The van der Waals surface area contributed by atoms with Crippen LogP contribution in [0.25, 0.3) is 11.0 Å². The Morgan fingerprint density at radius 2 is 2.04 bits per heavy atom. The Balaban J connectivity index is 1.83. The predicted molar refractivity (Wildman–Crippen MR) is 91.9 cm³/mol. The molecule has 3 rings (SSSR count). The quantitative estimate of drug-likeness (QED) is 0.794. The van der Waals surface area contributed by atoms with Crippen molar-refractivity contribution in [1.82, 2.24) is 19.3 Å². The Morgan fingerprint density at radius 3 is 2.79 bits per heavy atom. The molecule has 1 N–H and O–H groups in total. The second-order valence-corrected chi connectivity index (χ2v) is 5.97. The Kier molecular flexibility index (Phi) is 4.16. The molecule has 0 spiro atoms. The zero-order chi connectivity index (χ0) is 17.3. The van der Waals surface area contributed by atoms with E-state index in [1.54, 1.807) is 7.05 Å². The van der Waals surface area contributed by atoms with E-state index in [1.807, 2.05) is 24.3 Å². The Hall–Kier alpha value is -2.96. The van der Waals surface area contributed by atoms with E-state index in [4.69, 9.17) is 0 Å². The van der Waals surface area contributed by atoms with E-state index in [1.165, 1.54) is 21.8 Å². The van der Waals surface area contributed by atoms with Gasteiger partial charge in [-0.3, -0.25) is 18.8 Å². The fourth-order valence-electron chi connectivity index (χ4n) is 2.64. The summed E-state index contributed by atoms with van der Waals surface area (Å²) >= 11 is 0. The first kappa shape index (κ1) is 15.9. The summed E-state index contributed by atoms with van der Waals surface area (Å²) in [5.74, 6) is 0.0212. The van der Waals surface area contributed by atoms with Gasteiger partial charge < -0.3 is 5.32 Å². The number of anilines is 1. The van der Waals surface area contributed by atoms with E-state index < -0.39 is 0 Å². The summed E-state index contributed by atoms with van der Waals surface area (Å²) in [5, 5.41) is 7.29. The highest BCUT2D eigenvalue weighted by Crippen LogP contribution is 2.23. The molecular formula is C17H19N5O2. The predicted octanol–water partition coefficient (Wildman–Crippen LogP) is 1.89. The number of carbonyl (C=O) groups is 1. The molecule has 1 amide bonds. The van der Waals surface area contributed by atoms with E-state index in [0.717, 1.165) is 11.3 Å². The van der Waals surface area contributed by atoms with Crippen molar-refractivity contribution < 1.29 is 4.79 Å². The molecule has 3 aromatic rings. The third-order valence-corrected chi connectivity index (χ3v) is 3.89. The van der Waals surface area contributed by atoms with E-state index in [0.29, 0.717) is 11.0 Å². The summed E-state index contributed by atoms with van der Waals surface area (Å²) in [6.45, 7) is 4.04. The fourth-order valence-corrected chi connectivity index (χ4v) is 2.64. The van der Waals surface area contributed by atoms with E-state index >= 15 is 0 Å². The summed E-state index contributed by atoms with van der Waals surface area (Å²) in [4.78, 5) is 28.9. The summed E-state index contributed by atoms with van der Waals surface area (Å²) in [6.07, 6.45) is 2.84. The average molecular weight is 325 g/mol. The highest BCUT2D eigenvalue weighted by Gasteiger charge is 2.13. The number of nitrogens with one attached hydrogen (secondary N) is 1. The molecule has 124 valence electrons. The molecule has 2 aromatic heterocycles. The normalized spacial score (nSPS) is 11.2. The Labute approximate surface area is 138 Å². The summed E-state index contributed by atoms with van der Waals surface area (Å²) in [7, 11) is 1.72. The highest BCUT2D eigenvalue weighted by atomic mass is 16.2. The number of carbonyl (C=O) groups excluding carboxylic acids is 1. The Morgan fingerprint density at radius 1 is 1.29 bits per heavy atom. The van der Waals surface area contributed by atoms with Gasteiger partial charge in [-0.05, 0) is 17.5 Å². The molecule has 0 aliphatic heterocycles. The second kappa shape index (κ2) is 6.27. The number of aryl methyl sites for hydroxylation is 1. The molecule has 0 aliphatic carbocycles. The third-order valence-electron chi connectivity index (χ3n) is 3.89. The van der Waals surface area contributed by atoms with Gasteiger partial charge in [-0.25, -0.2) is 4.98 Å². The van der Waals surface area contributed by atoms with Crippen molar-refractivity contribution in [2.24, 2.45) is 7.05 Å². The van der Waals surface area contributed by atoms with Gasteiger partial charge in [0.25, 0.3) is 5.56 Å². The van der Waals surface area contributed by atoms with Crippen molar-refractivity contribution >= 4 is 22.6 Å². The van der Waals surface area contributed by atoms with Crippen molar-refractivity contribution in [2.45, 2.75) is 26.3 Å². The summed E-state index contributed by atoms with van der Waals surface area (Å²) in [6, 6.07) is 7.65. The maximum Gasteiger partial charge on any atom is 0.264 e. The smallest absolute Gasteiger partial charge is 0.264 e. The van der Waals surface area contributed by atoms with Crippen LogP contribution in [0.1, 0.15) is 25.3 Å². The maximum absolute atomic E-state index is 12.4. The average Bonchev–Trinajstić information content (AvgIpc) is 2.92. The van der Waals surface area contributed by atoms with Crippen LogP contribution in [0.15, 0.2) is 41.6 Å². The van der Waals surface area contributed by atoms with Crippen LogP contribution in [0, 0.1) is 0 Å². The first-order chi connectivity index (χ1) is 11.5. The van der Waals surface area contributed by atoms with Crippen LogP contribution in [-0.2, 0) is 18.4 Å². The van der Waals surface area contributed by atoms with Gasteiger partial charge in [0, 0.05) is 12.7 Å². The molecule has 0 unspecified atom stereocenters. The Bertz CT molecular complexity index is 955. The molecule has 1 aromatic carbocycles. The van der Waals surface area contributed by atoms with Gasteiger partial charge in [-0.2, -0.15) is 5.10 Å². The lowest BCUT2D eigenvalue weighted by molar-refractivity contribution is -0.116. The number of benzene rings is 1. The van der Waals surface area contributed by atoms with E-state index in [2.05, 4.69) is 29.2 Å². The molecule has 0 saturated carbocycles. The molecule has 0 bridgehead atoms. The minimum atomic E-state index is -0.277. The number of hydrogen-bond donors (Lipinski definition) is 1. The molecular weight excluding hydrogens is 306 g/mol. The molecule has 0 radical (unpaired) electrons. The SMILES string of the molecule is CC(C)c1ccccc1NC(=O)Cn1cnc2c(cnn2C)c1=O. The molecule has 7 heteroatoms. The van der Waals surface area contributed by atoms with E-state index in [9.17, 15) is 9.59 Å². The van der Waals surface area contributed by atoms with Crippen molar-refractivity contribution in [3.05, 3.63) is 52.7 Å². The van der Waals surface area contributed by atoms with Crippen LogP contribution in [0.5, 0.6) is 0 Å². The van der Waals surface area contributed by atoms with Crippen LogP contribution in [0.2, 0.25) is 0 Å². The number of hydrogen-bond acceptors (Lipinski definition) is 4. The van der Waals surface area contributed by atoms with Crippen molar-refractivity contribution in [2.75, 3.05) is 5.32 Å². The lowest BCUT2D eigenvalue weighted by Gasteiger charge is -2.14. The highest BCUT2D eigenvalue weighted by molar-refractivity contribution is 5.91. The first-order valence-corrected chi connectivity index (χ1v) is 7.73. The van der Waals surface area contributed by atoms with Crippen LogP contribution >= 0.6 is 0 Å². The molecule has 24 heavy (non-hydrogen) atoms. The molecule has 0 saturated heterocycles. The topological polar surface area (TPSA) is 81.8 Å². The van der Waals surface area contributed by atoms with Gasteiger partial charge in [0.2, 0.25) is 5.91 Å². The lowest BCUT2D eigenvalue weighted by atomic mass is 10.0. The van der Waals surface area contributed by atoms with Crippen molar-refractivity contribution in [3.8, 4) is 0 Å². The number of amides is 1. The number of fused-ring (bicyclic) bond motifs is 1. The molecule has 0 fully saturated rings. The van der Waals surface area contributed by atoms with Crippen LogP contribution in [-0.4, -0.2) is 25.2 Å². The molecule has 2 heterocycles. The lowest BCUT2D eigenvalue weighted by Crippen LogP contribution is -2.28. The minimum absolute atomic E-state index is 0.0941. The first-order valence-electron chi connectivity index (χ1n) is 7.73. The van der Waals surface area contributed by atoms with E-state index in [-0.39, 0.29) is 23.9 Å². The zero-order valence-corrected chi connectivity index (χ0v) is 13.9. The van der Waals surface area contributed by atoms with Crippen molar-refractivity contribution in [1.29, 1.82) is 0 Å². The third kappa shape index (κ3) is 2.92. The molecule has 0 aliphatic rings. The summed E-state index contributed by atoms with van der Waals surface area (Å²) < 4.78 is 2.82. The maximum atomic E-state index is 12.4. The zero-order valence-electron chi connectivity index (χ0n) is 13.9. The van der Waals surface area contributed by atoms with Crippen molar-refractivity contribution in [3.63, 3.8) is 0 Å². The number of aromatic nitrogens is 4. The van der Waals surface area contributed by atoms with Crippen LogP contribution in [0.3, 0.4) is 0 Å². The van der Waals surface area contributed by atoms with Gasteiger partial charge >= 0.3 is 0 Å². The second-order valence-electron chi connectivity index (χ2n) is 5.97. The van der Waals surface area contributed by atoms with Gasteiger partial charge in [0.1, 0.15) is 18.3 Å². The number of nitrogens with zero attached hydrogens (tertiary/aromatic N) is 4. The molecule has 0 atom stereocenters. The van der Waals surface area contributed by atoms with Gasteiger partial charge in [0.05, 0.1) is 6.20 Å². The van der Waals surface area contributed by atoms with Gasteiger partial charge in [0.15, 0.2) is 5.65 Å². The van der Waals surface area contributed by atoms with Crippen LogP contribution < -0.4 is 10.9 Å².